The lowest BCUT2D eigenvalue weighted by molar-refractivity contribution is -0.214. The lowest BCUT2D eigenvalue weighted by Crippen LogP contribution is -2.63. The van der Waals surface area contributed by atoms with Crippen molar-refractivity contribution >= 4 is 35.2 Å². The van der Waals surface area contributed by atoms with E-state index < -0.39 is 28.9 Å². The number of rotatable bonds is 13. The van der Waals surface area contributed by atoms with Crippen LogP contribution >= 0.6 is 11.6 Å². The number of carbonyl (C=O) groups excluding carboxylic acids is 3. The summed E-state index contributed by atoms with van der Waals surface area (Å²) >= 11 is 6.23. The van der Waals surface area contributed by atoms with E-state index in [1.54, 1.807) is 25.7 Å². The molecule has 10 heteroatoms. The summed E-state index contributed by atoms with van der Waals surface area (Å²) in [4.78, 5) is 55.3. The van der Waals surface area contributed by atoms with Crippen LogP contribution in [-0.4, -0.2) is 82.5 Å². The quantitative estimate of drug-likeness (QED) is 0.189. The van der Waals surface area contributed by atoms with Crippen molar-refractivity contribution in [3.05, 3.63) is 46.0 Å². The Labute approximate surface area is 352 Å². The van der Waals surface area contributed by atoms with E-state index in [1.165, 1.54) is 5.57 Å². The standard InChI is InChI=1S/C48H71ClN2O7/c1-29(2)41-35(53)25-48(38(54)28-51(24-23-50(10)30(3)52)27-31-11-13-32(49)14-12-31)22-17-34-33(42(41)48)15-16-37-46(34,8)20-18-36-45(6,7)39(19-21-47(36,37)9)58-40(55)26-44(4,5)43(56)57/h11-14,29,33-34,36-39,54H,15-28H2,1-10H3,(H,56,57). The molecular weight excluding hydrogens is 752 g/mol. The zero-order valence-corrected chi connectivity index (χ0v) is 37.7. The van der Waals surface area contributed by atoms with Crippen LogP contribution in [0.15, 0.2) is 35.4 Å². The van der Waals surface area contributed by atoms with Crippen LogP contribution in [-0.2, 0) is 30.5 Å². The minimum Gasteiger partial charge on any atom is -0.481 e. The Morgan fingerprint density at radius 1 is 0.931 bits per heavy atom. The molecule has 9 atom stereocenters. The molecule has 0 heterocycles. The van der Waals surface area contributed by atoms with Crippen LogP contribution in [0.3, 0.4) is 0 Å². The van der Waals surface area contributed by atoms with E-state index in [0.29, 0.717) is 55.4 Å². The highest BCUT2D eigenvalue weighted by Crippen LogP contribution is 2.73. The first-order valence-electron chi connectivity index (χ1n) is 22.0. The highest BCUT2D eigenvalue weighted by molar-refractivity contribution is 6.30. The van der Waals surface area contributed by atoms with Gasteiger partial charge >= 0.3 is 11.9 Å². The summed E-state index contributed by atoms with van der Waals surface area (Å²) in [5.41, 5.74) is 1.37. The molecule has 0 aliphatic heterocycles. The second-order valence-electron chi connectivity index (χ2n) is 21.2. The van der Waals surface area contributed by atoms with Gasteiger partial charge in [0.1, 0.15) is 6.10 Å². The molecule has 0 spiro atoms. The molecule has 58 heavy (non-hydrogen) atoms. The van der Waals surface area contributed by atoms with Gasteiger partial charge in [-0.3, -0.25) is 24.1 Å². The van der Waals surface area contributed by atoms with Gasteiger partial charge in [-0.05, 0) is 129 Å². The van der Waals surface area contributed by atoms with Gasteiger partial charge in [-0.15, -0.1) is 0 Å². The minimum absolute atomic E-state index is 0.00114. The molecule has 0 radical (unpaired) electrons. The minimum atomic E-state index is -1.18. The third kappa shape index (κ3) is 7.95. The van der Waals surface area contributed by atoms with Gasteiger partial charge in [-0.1, -0.05) is 70.8 Å². The molecule has 9 nitrogen and oxygen atoms in total. The van der Waals surface area contributed by atoms with Gasteiger partial charge in [0.15, 0.2) is 5.78 Å². The molecule has 322 valence electrons. The fourth-order valence-corrected chi connectivity index (χ4v) is 13.7. The van der Waals surface area contributed by atoms with Crippen molar-refractivity contribution in [1.82, 2.24) is 9.80 Å². The number of hydrogen-bond acceptors (Lipinski definition) is 7. The predicted molar refractivity (Wildman–Crippen MR) is 227 cm³/mol. The summed E-state index contributed by atoms with van der Waals surface area (Å²) in [6.07, 6.45) is 6.87. The van der Waals surface area contributed by atoms with E-state index in [1.807, 2.05) is 31.3 Å². The Kier molecular flexibility index (Phi) is 12.6. The van der Waals surface area contributed by atoms with Crippen molar-refractivity contribution in [2.45, 2.75) is 145 Å². The molecule has 4 fully saturated rings. The first-order chi connectivity index (χ1) is 27.0. The summed E-state index contributed by atoms with van der Waals surface area (Å²) in [6, 6.07) is 7.80. The molecule has 1 aromatic carbocycles. The number of Topliss-reactive ketones (excluding diaryl/α,β-unsaturated/α-hetero) is 1. The zero-order chi connectivity index (χ0) is 42.7. The molecule has 0 saturated heterocycles. The van der Waals surface area contributed by atoms with E-state index in [9.17, 15) is 29.4 Å². The molecule has 9 unspecified atom stereocenters. The second kappa shape index (κ2) is 16.3. The lowest BCUT2D eigenvalue weighted by atomic mass is 9.36. The molecule has 1 aromatic rings. The molecule has 0 bridgehead atoms. The molecule has 0 aromatic heterocycles. The Balaban J connectivity index is 1.26. The van der Waals surface area contributed by atoms with Crippen LogP contribution in [0.5, 0.6) is 0 Å². The monoisotopic (exact) mass is 822 g/mol. The number of ketones is 1. The Hall–Kier alpha value is -2.75. The SMILES string of the molecule is CC(=O)N(C)CCN(Cc1ccc(Cl)cc1)CC(O)C12CCC3C(CCC4C3(C)CCC3C(C)(C)C(OC(=O)CC(C)(C)C(=O)O)CCC34C)C1=C(C(C)C)C(=O)C2. The number of likely N-dealkylation sites (N-methyl/N-ethyl adjacent to an activating group) is 1. The van der Waals surface area contributed by atoms with Crippen molar-refractivity contribution in [2.75, 3.05) is 26.7 Å². The summed E-state index contributed by atoms with van der Waals surface area (Å²) in [5.74, 6) is 0.326. The van der Waals surface area contributed by atoms with Crippen LogP contribution in [0, 0.1) is 56.7 Å². The van der Waals surface area contributed by atoms with Crippen LogP contribution in [0.4, 0.5) is 0 Å². The average Bonchev–Trinajstić information content (AvgIpc) is 3.45. The van der Waals surface area contributed by atoms with Crippen LogP contribution < -0.4 is 0 Å². The predicted octanol–water partition coefficient (Wildman–Crippen LogP) is 8.98. The Morgan fingerprint density at radius 2 is 1.59 bits per heavy atom. The number of allylic oxidation sites excluding steroid dienone is 1. The van der Waals surface area contributed by atoms with Crippen molar-refractivity contribution < 1.29 is 34.1 Å². The number of aliphatic hydroxyl groups is 1. The van der Waals surface area contributed by atoms with E-state index in [-0.39, 0.29) is 52.3 Å². The number of halogens is 1. The van der Waals surface area contributed by atoms with Gasteiger partial charge in [0.25, 0.3) is 0 Å². The third-order valence-electron chi connectivity index (χ3n) is 16.7. The first kappa shape index (κ1) is 44.8. The van der Waals surface area contributed by atoms with Crippen molar-refractivity contribution in [3.8, 4) is 0 Å². The number of esters is 1. The number of carboxylic acids is 1. The highest BCUT2D eigenvalue weighted by Gasteiger charge is 2.67. The largest absolute Gasteiger partial charge is 0.481 e. The van der Waals surface area contributed by atoms with Crippen LogP contribution in [0.1, 0.15) is 132 Å². The van der Waals surface area contributed by atoms with E-state index in [0.717, 1.165) is 62.5 Å². The van der Waals surface area contributed by atoms with Gasteiger partial charge in [-0.2, -0.15) is 0 Å². The van der Waals surface area contributed by atoms with Gasteiger partial charge in [0, 0.05) is 62.4 Å². The van der Waals surface area contributed by atoms with E-state index in [2.05, 4.69) is 46.4 Å². The maximum Gasteiger partial charge on any atom is 0.309 e. The molecule has 2 N–H and O–H groups in total. The third-order valence-corrected chi connectivity index (χ3v) is 17.0. The first-order valence-corrected chi connectivity index (χ1v) is 22.4. The molecular formula is C48H71ClN2O7. The highest BCUT2D eigenvalue weighted by atomic mass is 35.5. The van der Waals surface area contributed by atoms with Crippen molar-refractivity contribution in [3.63, 3.8) is 0 Å². The number of ether oxygens (including phenoxy) is 1. The number of carbonyl (C=O) groups is 4. The number of amides is 1. The fourth-order valence-electron chi connectivity index (χ4n) is 13.5. The van der Waals surface area contributed by atoms with Gasteiger partial charge < -0.3 is 19.8 Å². The summed E-state index contributed by atoms with van der Waals surface area (Å²) in [7, 11) is 1.81. The summed E-state index contributed by atoms with van der Waals surface area (Å²) in [6.45, 7) is 20.7. The van der Waals surface area contributed by atoms with Crippen LogP contribution in [0.2, 0.25) is 5.02 Å². The molecule has 4 saturated carbocycles. The molecule has 1 amide bonds. The topological polar surface area (TPSA) is 124 Å². The number of aliphatic carboxylic acids is 1. The molecule has 5 aliphatic rings. The average molecular weight is 824 g/mol. The number of nitrogens with zero attached hydrogens (tertiary/aromatic N) is 2. The summed E-state index contributed by atoms with van der Waals surface area (Å²) < 4.78 is 6.17. The number of carboxylic acid groups (broad SMARTS) is 1. The lowest BCUT2D eigenvalue weighted by Gasteiger charge is -2.69. The molecule has 6 rings (SSSR count). The number of aliphatic hydroxyl groups excluding tert-OH is 1. The van der Waals surface area contributed by atoms with Gasteiger partial charge in [-0.25, -0.2) is 0 Å². The number of fused-ring (bicyclic) bond motifs is 7. The normalized spacial score (nSPS) is 33.6. The maximum absolute atomic E-state index is 14.3. The number of benzene rings is 1. The maximum atomic E-state index is 14.3. The van der Waals surface area contributed by atoms with Crippen LogP contribution in [0.25, 0.3) is 0 Å². The Bertz CT molecular complexity index is 1790. The van der Waals surface area contributed by atoms with Gasteiger partial charge in [0.2, 0.25) is 5.91 Å². The molecule has 5 aliphatic carbocycles. The van der Waals surface area contributed by atoms with Crippen molar-refractivity contribution in [1.29, 1.82) is 0 Å². The van der Waals surface area contributed by atoms with Crippen molar-refractivity contribution in [2.24, 2.45) is 56.7 Å². The van der Waals surface area contributed by atoms with E-state index >= 15 is 0 Å². The fraction of sp³-hybridized carbons (Fsp3) is 0.750. The second-order valence-corrected chi connectivity index (χ2v) is 21.7. The zero-order valence-electron chi connectivity index (χ0n) is 37.0. The number of hydrogen-bond donors (Lipinski definition) is 2. The van der Waals surface area contributed by atoms with Gasteiger partial charge in [0.05, 0.1) is 17.9 Å². The van der Waals surface area contributed by atoms with E-state index in [4.69, 9.17) is 16.3 Å². The summed E-state index contributed by atoms with van der Waals surface area (Å²) in [5, 5.41) is 22.9. The Morgan fingerprint density at radius 3 is 2.21 bits per heavy atom. The smallest absolute Gasteiger partial charge is 0.309 e.